The molecule has 0 amide bonds. The Morgan fingerprint density at radius 2 is 1.00 bits per heavy atom. The van der Waals surface area contributed by atoms with Crippen LogP contribution >= 0.6 is 0 Å². The first-order chi connectivity index (χ1) is 25.6. The summed E-state index contributed by atoms with van der Waals surface area (Å²) in [4.78, 5) is 0. The molecule has 0 saturated carbocycles. The Hall–Kier alpha value is -4.60. The lowest BCUT2D eigenvalue weighted by atomic mass is 9.94. The van der Waals surface area contributed by atoms with Gasteiger partial charge in [-0.1, -0.05) is 140 Å². The third-order valence-electron chi connectivity index (χ3n) is 8.83. The number of ether oxygens (including phenoxy) is 5. The lowest BCUT2D eigenvalue weighted by molar-refractivity contribution is -0.193. The van der Waals surface area contributed by atoms with Crippen LogP contribution in [0.4, 0.5) is 0 Å². The third kappa shape index (κ3) is 12.6. The predicted octanol–water partition coefficient (Wildman–Crippen LogP) is 8.06. The van der Waals surface area contributed by atoms with Gasteiger partial charge in [0.1, 0.15) is 30.2 Å². The van der Waals surface area contributed by atoms with E-state index in [0.29, 0.717) is 32.8 Å². The number of aliphatic hydroxyl groups excluding tert-OH is 1. The minimum Gasteiger partial charge on any atom is -0.497 e. The molecule has 0 fully saturated rings. The topological polar surface area (TPSA) is 78.4 Å². The summed E-state index contributed by atoms with van der Waals surface area (Å²) in [5.41, 5.74) is 5.11. The lowest BCUT2D eigenvalue weighted by Gasteiger charge is -2.39. The van der Waals surface area contributed by atoms with Crippen molar-refractivity contribution in [1.29, 1.82) is 0 Å². The van der Waals surface area contributed by atoms with Crippen LogP contribution in [0.25, 0.3) is 0 Å². The van der Waals surface area contributed by atoms with E-state index >= 15 is 0 Å². The molecule has 5 atom stereocenters. The van der Waals surface area contributed by atoms with E-state index in [-0.39, 0.29) is 19.3 Å². The molecule has 7 heteroatoms. The van der Waals surface area contributed by atoms with Gasteiger partial charge in [0.15, 0.2) is 0 Å². The molecular formula is C45H51NO6. The summed E-state index contributed by atoms with van der Waals surface area (Å²) in [6.07, 6.45) is -0.705. The van der Waals surface area contributed by atoms with E-state index in [4.69, 9.17) is 23.7 Å². The van der Waals surface area contributed by atoms with Gasteiger partial charge in [-0.3, -0.25) is 0 Å². The fraction of sp³-hybridized carbons (Fsp3) is 0.289. The van der Waals surface area contributed by atoms with Gasteiger partial charge in [-0.15, -0.1) is 6.58 Å². The molecule has 0 aliphatic rings. The van der Waals surface area contributed by atoms with Crippen LogP contribution < -0.4 is 10.1 Å². The van der Waals surface area contributed by atoms with Crippen molar-refractivity contribution in [2.45, 2.75) is 69.9 Å². The molecule has 0 spiro atoms. The zero-order valence-corrected chi connectivity index (χ0v) is 30.0. The molecule has 0 aliphatic carbocycles. The van der Waals surface area contributed by atoms with E-state index < -0.39 is 24.4 Å². The van der Waals surface area contributed by atoms with E-state index in [1.165, 1.54) is 0 Å². The first-order valence-corrected chi connectivity index (χ1v) is 17.9. The molecule has 0 unspecified atom stereocenters. The Balaban J connectivity index is 1.48. The normalized spacial score (nSPS) is 14.2. The maximum absolute atomic E-state index is 12.0. The van der Waals surface area contributed by atoms with Crippen LogP contribution in [0.2, 0.25) is 0 Å². The first kappa shape index (κ1) is 38.6. The number of rotatable bonds is 23. The number of hydrogen-bond donors (Lipinski definition) is 2. The number of benzene rings is 5. The molecule has 5 aromatic rings. The van der Waals surface area contributed by atoms with Gasteiger partial charge in [-0.05, 0) is 46.4 Å². The van der Waals surface area contributed by atoms with E-state index in [2.05, 4.69) is 11.9 Å². The van der Waals surface area contributed by atoms with Gasteiger partial charge >= 0.3 is 0 Å². The van der Waals surface area contributed by atoms with Crippen molar-refractivity contribution < 1.29 is 28.8 Å². The van der Waals surface area contributed by atoms with E-state index in [0.717, 1.165) is 33.6 Å². The van der Waals surface area contributed by atoms with Crippen LogP contribution in [0, 0.1) is 0 Å². The Labute approximate surface area is 308 Å². The van der Waals surface area contributed by atoms with Crippen LogP contribution in [0.15, 0.2) is 158 Å². The number of aliphatic hydroxyl groups is 1. The Morgan fingerprint density at radius 3 is 1.46 bits per heavy atom. The van der Waals surface area contributed by atoms with E-state index in [1.54, 1.807) is 7.11 Å². The molecule has 0 aromatic heterocycles. The summed E-state index contributed by atoms with van der Waals surface area (Å²) in [6.45, 7) is 5.96. The molecule has 0 bridgehead atoms. The monoisotopic (exact) mass is 701 g/mol. The van der Waals surface area contributed by atoms with Crippen LogP contribution in [0.1, 0.15) is 34.2 Å². The average Bonchev–Trinajstić information content (AvgIpc) is 3.20. The van der Waals surface area contributed by atoms with E-state index in [1.807, 2.05) is 152 Å². The zero-order valence-electron chi connectivity index (χ0n) is 30.0. The molecule has 0 radical (unpaired) electrons. The summed E-state index contributed by atoms with van der Waals surface area (Å²) in [6, 6.07) is 47.7. The quantitative estimate of drug-likeness (QED) is 0.0668. The Morgan fingerprint density at radius 1 is 0.558 bits per heavy atom. The van der Waals surface area contributed by atoms with Crippen molar-refractivity contribution >= 4 is 0 Å². The van der Waals surface area contributed by atoms with Crippen molar-refractivity contribution in [3.63, 3.8) is 0 Å². The molecule has 0 heterocycles. The summed E-state index contributed by atoms with van der Waals surface area (Å²) >= 11 is 0. The highest BCUT2D eigenvalue weighted by Gasteiger charge is 2.41. The van der Waals surface area contributed by atoms with Crippen LogP contribution in [-0.4, -0.2) is 49.3 Å². The minimum absolute atomic E-state index is 0.0381. The molecular weight excluding hydrogens is 650 g/mol. The standard InChI is InChI=1S/C45H51NO6/c1-3-16-41(46-29-35-25-27-40(48-2)28-26-35)43(50-31-37-19-10-5-11-20-37)45(52-33-39-23-14-7-15-24-39)44(51-32-38-21-12-6-13-22-38)42(47)34-49-30-36-17-8-4-9-18-36/h3-15,17-28,41-47H,1,16,29-34H2,2H3/t41-,42+,43-,44+,45+/m0/s1. The maximum Gasteiger partial charge on any atom is 0.118 e. The summed E-state index contributed by atoms with van der Waals surface area (Å²) < 4.78 is 31.9. The Bertz CT molecular complexity index is 1670. The molecule has 272 valence electrons. The maximum atomic E-state index is 12.0. The second-order valence-corrected chi connectivity index (χ2v) is 12.7. The molecule has 2 N–H and O–H groups in total. The van der Waals surface area contributed by atoms with Crippen LogP contribution in [0.5, 0.6) is 5.75 Å². The molecule has 5 rings (SSSR count). The summed E-state index contributed by atoms with van der Waals surface area (Å²) in [7, 11) is 1.66. The first-order valence-electron chi connectivity index (χ1n) is 17.9. The Kier molecular flexibility index (Phi) is 16.1. The summed E-state index contributed by atoms with van der Waals surface area (Å²) in [5.74, 6) is 0.798. The highest BCUT2D eigenvalue weighted by Crippen LogP contribution is 2.25. The van der Waals surface area contributed by atoms with E-state index in [9.17, 15) is 5.11 Å². The molecule has 52 heavy (non-hydrogen) atoms. The van der Waals surface area contributed by atoms with Crippen LogP contribution in [-0.2, 0) is 51.9 Å². The number of hydrogen-bond acceptors (Lipinski definition) is 7. The second kappa shape index (κ2) is 21.7. The highest BCUT2D eigenvalue weighted by atomic mass is 16.6. The predicted molar refractivity (Wildman–Crippen MR) is 206 cm³/mol. The van der Waals surface area contributed by atoms with Crippen molar-refractivity contribution in [2.24, 2.45) is 0 Å². The van der Waals surface area contributed by atoms with Gasteiger partial charge in [-0.2, -0.15) is 0 Å². The molecule has 7 nitrogen and oxygen atoms in total. The number of nitrogens with one attached hydrogen (secondary N) is 1. The number of methoxy groups -OCH3 is 1. The van der Waals surface area contributed by atoms with Crippen molar-refractivity contribution in [2.75, 3.05) is 13.7 Å². The van der Waals surface area contributed by atoms with Gasteiger partial charge in [0.05, 0.1) is 40.1 Å². The largest absolute Gasteiger partial charge is 0.497 e. The third-order valence-corrected chi connectivity index (χ3v) is 8.83. The van der Waals surface area contributed by atoms with Gasteiger partial charge in [0, 0.05) is 12.6 Å². The fourth-order valence-corrected chi connectivity index (χ4v) is 6.01. The minimum atomic E-state index is -1.04. The molecule has 5 aromatic carbocycles. The van der Waals surface area contributed by atoms with Gasteiger partial charge in [-0.25, -0.2) is 0 Å². The fourth-order valence-electron chi connectivity index (χ4n) is 6.01. The van der Waals surface area contributed by atoms with Crippen molar-refractivity contribution in [3.05, 3.63) is 186 Å². The van der Waals surface area contributed by atoms with Crippen molar-refractivity contribution in [3.8, 4) is 5.75 Å². The van der Waals surface area contributed by atoms with Crippen molar-refractivity contribution in [1.82, 2.24) is 5.32 Å². The average molecular weight is 702 g/mol. The molecule has 0 aliphatic heterocycles. The van der Waals surface area contributed by atoms with Gasteiger partial charge in [0.25, 0.3) is 0 Å². The summed E-state index contributed by atoms with van der Waals surface area (Å²) in [5, 5.41) is 15.7. The SMILES string of the molecule is C=CC[C@H](NCc1ccc(OC)cc1)[C@H](OCc1ccccc1)[C@@H](OCc1ccccc1)[C@H](OCc1ccccc1)[C@H](O)COCc1ccccc1. The highest BCUT2D eigenvalue weighted by molar-refractivity contribution is 5.27. The van der Waals surface area contributed by atoms with Gasteiger partial charge < -0.3 is 34.1 Å². The smallest absolute Gasteiger partial charge is 0.118 e. The molecule has 0 saturated heterocycles. The van der Waals surface area contributed by atoms with Gasteiger partial charge in [0.2, 0.25) is 0 Å². The zero-order chi connectivity index (χ0) is 36.2. The lowest BCUT2D eigenvalue weighted by Crippen LogP contribution is -2.56. The second-order valence-electron chi connectivity index (χ2n) is 12.7. The van der Waals surface area contributed by atoms with Crippen LogP contribution in [0.3, 0.4) is 0 Å².